The van der Waals surface area contributed by atoms with Crippen LogP contribution in [0.5, 0.6) is 0 Å². The number of halogens is 2. The number of rotatable bonds is 7. The summed E-state index contributed by atoms with van der Waals surface area (Å²) in [5, 5.41) is 2.50. The van der Waals surface area contributed by atoms with Crippen molar-refractivity contribution in [3.63, 3.8) is 0 Å². The summed E-state index contributed by atoms with van der Waals surface area (Å²) in [6.45, 7) is 0.951. The first-order chi connectivity index (χ1) is 17.9. The monoisotopic (exact) mass is 518 g/mol. The highest BCUT2D eigenvalue weighted by atomic mass is 19.1. The van der Waals surface area contributed by atoms with E-state index in [0.717, 1.165) is 17.0 Å². The fraction of sp³-hybridized carbons (Fsp3) is 0.348. The smallest absolute Gasteiger partial charge is 0.424 e. The molecule has 0 spiro atoms. The Morgan fingerprint density at radius 2 is 2.05 bits per heavy atom. The topological polar surface area (TPSA) is 143 Å². The fourth-order valence-electron chi connectivity index (χ4n) is 4.05. The summed E-state index contributed by atoms with van der Waals surface area (Å²) in [7, 11) is 0. The number of amides is 2. The Morgan fingerprint density at radius 1 is 1.27 bits per heavy atom. The van der Waals surface area contributed by atoms with Gasteiger partial charge in [0, 0.05) is 50.4 Å². The third-order valence-corrected chi connectivity index (χ3v) is 5.76. The molecule has 1 atom stereocenters. The zero-order chi connectivity index (χ0) is 26.4. The predicted molar refractivity (Wildman–Crippen MR) is 130 cm³/mol. The van der Waals surface area contributed by atoms with Gasteiger partial charge in [0.2, 0.25) is 0 Å². The van der Waals surface area contributed by atoms with Gasteiger partial charge in [0.15, 0.2) is 11.6 Å². The molecule has 1 unspecified atom stereocenters. The minimum Gasteiger partial charge on any atom is -0.442 e. The molecule has 3 heterocycles. The summed E-state index contributed by atoms with van der Waals surface area (Å²) in [6.07, 6.45) is 2.27. The third-order valence-electron chi connectivity index (χ3n) is 5.76. The summed E-state index contributed by atoms with van der Waals surface area (Å²) in [5.41, 5.74) is 8.56. The number of pyridine rings is 1. The lowest BCUT2D eigenvalue weighted by Crippen LogP contribution is -2.43. The van der Waals surface area contributed by atoms with E-state index >= 15 is 8.78 Å². The molecule has 5 N–H and O–H groups in total. The van der Waals surface area contributed by atoms with E-state index < -0.39 is 29.9 Å². The van der Waals surface area contributed by atoms with Crippen molar-refractivity contribution < 1.29 is 27.8 Å². The van der Waals surface area contributed by atoms with Crippen molar-refractivity contribution >= 4 is 23.6 Å². The van der Waals surface area contributed by atoms with E-state index in [1.54, 1.807) is 24.4 Å². The van der Waals surface area contributed by atoms with Gasteiger partial charge in [-0.15, -0.1) is 0 Å². The van der Waals surface area contributed by atoms with Crippen molar-refractivity contribution in [3.8, 4) is 0 Å². The molecule has 12 nitrogen and oxygen atoms in total. The van der Waals surface area contributed by atoms with Crippen LogP contribution >= 0.6 is 0 Å². The first kappa shape index (κ1) is 25.9. The molecule has 0 saturated carbocycles. The number of carbonyl (C=O) groups is 2. The Balaban J connectivity index is 1.38. The van der Waals surface area contributed by atoms with E-state index in [9.17, 15) is 9.59 Å². The number of anilines is 2. The number of carbonyl (C=O) groups excluding carboxylic acids is 2. The molecule has 198 valence electrons. The van der Waals surface area contributed by atoms with E-state index in [1.165, 1.54) is 27.3 Å². The molecule has 1 aromatic heterocycles. The van der Waals surface area contributed by atoms with Gasteiger partial charge in [-0.3, -0.25) is 9.88 Å². The Morgan fingerprint density at radius 3 is 2.76 bits per heavy atom. The SMILES string of the molecule is NC=CN(N)CC1CN(c2cc(F)c(N3CCNN(C(=O)OCc4ccccn4)CC3)c(F)c2)C(=O)O1. The van der Waals surface area contributed by atoms with Gasteiger partial charge in [0.05, 0.1) is 31.0 Å². The molecule has 2 aliphatic rings. The minimum atomic E-state index is -0.844. The largest absolute Gasteiger partial charge is 0.442 e. The van der Waals surface area contributed by atoms with Crippen LogP contribution in [0, 0.1) is 11.6 Å². The van der Waals surface area contributed by atoms with Gasteiger partial charge < -0.3 is 25.1 Å². The van der Waals surface area contributed by atoms with Crippen LogP contribution in [0.2, 0.25) is 0 Å². The third kappa shape index (κ3) is 6.34. The normalized spacial score (nSPS) is 18.2. The molecule has 37 heavy (non-hydrogen) atoms. The molecular formula is C23H28F2N8O4. The van der Waals surface area contributed by atoms with Gasteiger partial charge in [-0.05, 0) is 12.1 Å². The lowest BCUT2D eigenvalue weighted by Gasteiger charge is -2.25. The highest BCUT2D eigenvalue weighted by Gasteiger charge is 2.34. The Bertz CT molecular complexity index is 1120. The van der Waals surface area contributed by atoms with Crippen LogP contribution in [-0.2, 0) is 16.1 Å². The van der Waals surface area contributed by atoms with Crippen LogP contribution in [-0.4, -0.2) is 72.6 Å². The quantitative estimate of drug-likeness (QED) is 0.362. The summed E-state index contributed by atoms with van der Waals surface area (Å²) in [6, 6.07) is 7.43. The zero-order valence-corrected chi connectivity index (χ0v) is 19.9. The van der Waals surface area contributed by atoms with Gasteiger partial charge in [-0.1, -0.05) is 6.07 Å². The maximum absolute atomic E-state index is 15.1. The first-order valence-corrected chi connectivity index (χ1v) is 11.5. The van der Waals surface area contributed by atoms with E-state index in [0.29, 0.717) is 5.69 Å². The number of nitrogens with two attached hydrogens (primary N) is 2. The van der Waals surface area contributed by atoms with E-state index in [1.807, 2.05) is 0 Å². The number of cyclic esters (lactones) is 1. The highest BCUT2D eigenvalue weighted by Crippen LogP contribution is 2.31. The van der Waals surface area contributed by atoms with Gasteiger partial charge in [0.1, 0.15) is 18.4 Å². The number of hydrogen-bond acceptors (Lipinski definition) is 10. The zero-order valence-electron chi connectivity index (χ0n) is 19.9. The van der Waals surface area contributed by atoms with Crippen LogP contribution < -0.4 is 26.8 Å². The Kier molecular flexibility index (Phi) is 8.20. The first-order valence-electron chi connectivity index (χ1n) is 11.5. The molecule has 0 radical (unpaired) electrons. The van der Waals surface area contributed by atoms with Crippen LogP contribution in [0.3, 0.4) is 0 Å². The summed E-state index contributed by atoms with van der Waals surface area (Å²) >= 11 is 0. The maximum Gasteiger partial charge on any atom is 0.424 e. The summed E-state index contributed by atoms with van der Waals surface area (Å²) in [5.74, 6) is 4.03. The summed E-state index contributed by atoms with van der Waals surface area (Å²) in [4.78, 5) is 31.5. The molecule has 2 aliphatic heterocycles. The molecular weight excluding hydrogens is 490 g/mol. The molecule has 0 bridgehead atoms. The van der Waals surface area contributed by atoms with E-state index in [2.05, 4.69) is 10.4 Å². The second kappa shape index (κ2) is 11.7. The molecule has 4 rings (SSSR count). The summed E-state index contributed by atoms with van der Waals surface area (Å²) < 4.78 is 40.8. The maximum atomic E-state index is 15.1. The van der Waals surface area contributed by atoms with Crippen molar-refractivity contribution in [3.05, 3.63) is 66.3 Å². The van der Waals surface area contributed by atoms with Crippen molar-refractivity contribution in [2.24, 2.45) is 11.6 Å². The molecule has 2 fully saturated rings. The van der Waals surface area contributed by atoms with Crippen LogP contribution in [0.25, 0.3) is 0 Å². The van der Waals surface area contributed by atoms with Crippen molar-refractivity contribution in [1.82, 2.24) is 20.4 Å². The van der Waals surface area contributed by atoms with Crippen LogP contribution in [0.15, 0.2) is 48.9 Å². The number of nitrogens with one attached hydrogen (secondary N) is 1. The Hall–Kier alpha value is -4.17. The lowest BCUT2D eigenvalue weighted by molar-refractivity contribution is 0.0803. The predicted octanol–water partition coefficient (Wildman–Crippen LogP) is 1.25. The van der Waals surface area contributed by atoms with E-state index in [-0.39, 0.29) is 57.3 Å². The molecule has 14 heteroatoms. The number of ether oxygens (including phenoxy) is 2. The highest BCUT2D eigenvalue weighted by molar-refractivity contribution is 5.90. The number of benzene rings is 1. The average molecular weight is 519 g/mol. The van der Waals surface area contributed by atoms with Crippen LogP contribution in [0.4, 0.5) is 29.7 Å². The van der Waals surface area contributed by atoms with Gasteiger partial charge in [-0.25, -0.2) is 34.6 Å². The van der Waals surface area contributed by atoms with Gasteiger partial charge in [0.25, 0.3) is 0 Å². The van der Waals surface area contributed by atoms with Crippen molar-refractivity contribution in [2.45, 2.75) is 12.7 Å². The second-order valence-electron chi connectivity index (χ2n) is 8.34. The lowest BCUT2D eigenvalue weighted by atomic mass is 10.2. The number of hydrazine groups is 2. The molecule has 2 aromatic rings. The molecule has 1 aromatic carbocycles. The molecule has 2 saturated heterocycles. The van der Waals surface area contributed by atoms with Gasteiger partial charge >= 0.3 is 12.2 Å². The molecule has 0 aliphatic carbocycles. The standard InChI is InChI=1S/C23H28F2N8O4/c24-19-11-17(32-14-18(37-22(32)34)13-31(27)7-4-26)12-20(25)21(19)30-8-6-29-33(10-9-30)23(35)36-15-16-3-1-2-5-28-16/h1-5,7,11-12,18,29H,6,8-10,13-15,26-27H2. The van der Waals surface area contributed by atoms with Gasteiger partial charge in [-0.2, -0.15) is 0 Å². The number of nitrogens with zero attached hydrogens (tertiary/aromatic N) is 5. The fourth-order valence-corrected chi connectivity index (χ4v) is 4.05. The Labute approximate surface area is 211 Å². The van der Waals surface area contributed by atoms with Crippen molar-refractivity contribution in [2.75, 3.05) is 49.1 Å². The average Bonchev–Trinajstić information content (AvgIpc) is 3.07. The van der Waals surface area contributed by atoms with Crippen molar-refractivity contribution in [1.29, 1.82) is 0 Å². The second-order valence-corrected chi connectivity index (χ2v) is 8.34. The van der Waals surface area contributed by atoms with Crippen LogP contribution in [0.1, 0.15) is 5.69 Å². The minimum absolute atomic E-state index is 0.000884. The number of aromatic nitrogens is 1. The number of hydrogen-bond donors (Lipinski definition) is 3. The molecule has 2 amide bonds. The van der Waals surface area contributed by atoms with E-state index in [4.69, 9.17) is 21.1 Å².